The van der Waals surface area contributed by atoms with E-state index >= 15 is 0 Å². The Morgan fingerprint density at radius 2 is 1.47 bits per heavy atom. The van der Waals surface area contributed by atoms with Crippen molar-refractivity contribution in [2.24, 2.45) is 0 Å². The average molecular weight is 523 g/mol. The highest BCUT2D eigenvalue weighted by Gasteiger charge is 2.44. The van der Waals surface area contributed by atoms with E-state index in [1.165, 1.54) is 38.5 Å². The van der Waals surface area contributed by atoms with E-state index in [0.29, 0.717) is 6.42 Å². The van der Waals surface area contributed by atoms with Gasteiger partial charge in [-0.2, -0.15) is 0 Å². The molecule has 0 bridgehead atoms. The Labute approximate surface area is 216 Å². The second kappa shape index (κ2) is 23.3. The summed E-state index contributed by atoms with van der Waals surface area (Å²) in [4.78, 5) is 11.9. The highest BCUT2D eigenvalue weighted by molar-refractivity contribution is 5.69. The van der Waals surface area contributed by atoms with Gasteiger partial charge in [-0.25, -0.2) is 0 Å². The van der Waals surface area contributed by atoms with Gasteiger partial charge >= 0.3 is 5.97 Å². The minimum absolute atomic E-state index is 0.0937. The lowest BCUT2D eigenvalue weighted by atomic mass is 10.1. The SMILES string of the molecule is CCCCCCCCCCCC(=O)OCCOC[C@H](OCCO)[C@@H]1OC[C@H](OCCO)[C@H]1OCCO. The van der Waals surface area contributed by atoms with Crippen molar-refractivity contribution in [1.29, 1.82) is 0 Å². The van der Waals surface area contributed by atoms with Crippen molar-refractivity contribution >= 4 is 5.97 Å². The molecule has 0 radical (unpaired) electrons. The molecule has 10 heteroatoms. The van der Waals surface area contributed by atoms with Gasteiger partial charge in [0.05, 0.1) is 59.5 Å². The maximum Gasteiger partial charge on any atom is 0.305 e. The zero-order valence-corrected chi connectivity index (χ0v) is 22.2. The molecule has 1 aliphatic rings. The van der Waals surface area contributed by atoms with Crippen LogP contribution in [0.15, 0.2) is 0 Å². The molecule has 214 valence electrons. The van der Waals surface area contributed by atoms with Gasteiger partial charge in [0.15, 0.2) is 0 Å². The van der Waals surface area contributed by atoms with Crippen molar-refractivity contribution in [2.45, 2.75) is 95.5 Å². The topological polar surface area (TPSA) is 133 Å². The van der Waals surface area contributed by atoms with Crippen molar-refractivity contribution in [1.82, 2.24) is 0 Å². The highest BCUT2D eigenvalue weighted by atomic mass is 16.6. The summed E-state index contributed by atoms with van der Waals surface area (Å²) in [6.45, 7) is 2.88. The number of carbonyl (C=O) groups excluding carboxylic acids is 1. The van der Waals surface area contributed by atoms with Crippen LogP contribution in [-0.4, -0.2) is 112 Å². The third-order valence-corrected chi connectivity index (χ3v) is 6.01. The summed E-state index contributed by atoms with van der Waals surface area (Å²) < 4.78 is 33.8. The molecule has 1 rings (SSSR count). The first kappa shape index (κ1) is 33.2. The van der Waals surface area contributed by atoms with E-state index in [1.807, 2.05) is 0 Å². The van der Waals surface area contributed by atoms with Crippen LogP contribution in [0.2, 0.25) is 0 Å². The van der Waals surface area contributed by atoms with Crippen LogP contribution in [0.5, 0.6) is 0 Å². The molecule has 0 aromatic carbocycles. The third kappa shape index (κ3) is 15.4. The van der Waals surface area contributed by atoms with E-state index in [2.05, 4.69) is 6.92 Å². The molecule has 10 nitrogen and oxygen atoms in total. The first-order chi connectivity index (χ1) is 17.7. The maximum absolute atomic E-state index is 11.9. The van der Waals surface area contributed by atoms with E-state index in [1.54, 1.807) is 0 Å². The number of esters is 1. The average Bonchev–Trinajstić information content (AvgIpc) is 3.29. The molecule has 0 aliphatic carbocycles. The Morgan fingerprint density at radius 3 is 2.14 bits per heavy atom. The summed E-state index contributed by atoms with van der Waals surface area (Å²) in [5, 5.41) is 27.4. The summed E-state index contributed by atoms with van der Waals surface area (Å²) >= 11 is 0. The summed E-state index contributed by atoms with van der Waals surface area (Å²) in [5.41, 5.74) is 0. The van der Waals surface area contributed by atoms with Gasteiger partial charge in [0.25, 0.3) is 0 Å². The summed E-state index contributed by atoms with van der Waals surface area (Å²) in [6, 6.07) is 0. The maximum atomic E-state index is 11.9. The molecule has 1 saturated heterocycles. The molecule has 0 amide bonds. The summed E-state index contributed by atoms with van der Waals surface area (Å²) in [6.07, 6.45) is 9.17. The Bertz CT molecular complexity index is 507. The number of aliphatic hydroxyl groups is 3. The van der Waals surface area contributed by atoms with E-state index in [4.69, 9.17) is 38.6 Å². The van der Waals surface area contributed by atoms with Crippen molar-refractivity contribution in [2.75, 3.05) is 66.1 Å². The van der Waals surface area contributed by atoms with E-state index < -0.39 is 24.4 Å². The summed E-state index contributed by atoms with van der Waals surface area (Å²) in [5.74, 6) is -0.213. The second-order valence-electron chi connectivity index (χ2n) is 9.00. The van der Waals surface area contributed by atoms with Crippen molar-refractivity contribution in [3.05, 3.63) is 0 Å². The zero-order chi connectivity index (χ0) is 26.3. The van der Waals surface area contributed by atoms with Gasteiger partial charge in [-0.1, -0.05) is 58.3 Å². The molecule has 3 N–H and O–H groups in total. The molecular formula is C26H50O10. The third-order valence-electron chi connectivity index (χ3n) is 6.01. The molecule has 36 heavy (non-hydrogen) atoms. The lowest BCUT2D eigenvalue weighted by molar-refractivity contribution is -0.149. The molecule has 0 spiro atoms. The van der Waals surface area contributed by atoms with Gasteiger partial charge in [-0.3, -0.25) is 4.79 Å². The molecule has 4 atom stereocenters. The van der Waals surface area contributed by atoms with Crippen LogP contribution >= 0.6 is 0 Å². The number of carbonyl (C=O) groups is 1. The second-order valence-corrected chi connectivity index (χ2v) is 9.00. The fourth-order valence-electron chi connectivity index (χ4n) is 4.17. The molecule has 0 aromatic heterocycles. The Balaban J connectivity index is 2.27. The van der Waals surface area contributed by atoms with Crippen LogP contribution in [-0.2, 0) is 33.2 Å². The van der Waals surface area contributed by atoms with Gasteiger partial charge in [-0.05, 0) is 6.42 Å². The fourth-order valence-corrected chi connectivity index (χ4v) is 4.17. The quantitative estimate of drug-likeness (QED) is 0.121. The van der Waals surface area contributed by atoms with Gasteiger partial charge in [0.2, 0.25) is 0 Å². The van der Waals surface area contributed by atoms with Crippen molar-refractivity contribution in [3.63, 3.8) is 0 Å². The Kier molecular flexibility index (Phi) is 21.5. The van der Waals surface area contributed by atoms with Gasteiger partial charge < -0.3 is 43.7 Å². The standard InChI is InChI=1S/C26H50O10/c1-2-3-4-5-6-7-8-9-10-11-24(30)34-19-18-31-20-22(32-15-12-27)26-25(35-17-14-29)23(21-36-26)33-16-13-28/h22-23,25-29H,2-21H2,1H3/t22-,23-,25+,26-/m0/s1. The number of aliphatic hydroxyl groups excluding tert-OH is 3. The van der Waals surface area contributed by atoms with Crippen LogP contribution in [0.25, 0.3) is 0 Å². The monoisotopic (exact) mass is 522 g/mol. The van der Waals surface area contributed by atoms with Crippen LogP contribution in [0.4, 0.5) is 0 Å². The first-order valence-corrected chi connectivity index (χ1v) is 13.7. The number of hydrogen-bond donors (Lipinski definition) is 3. The van der Waals surface area contributed by atoms with Gasteiger partial charge in [-0.15, -0.1) is 0 Å². The lowest BCUT2D eigenvalue weighted by Gasteiger charge is -2.29. The van der Waals surface area contributed by atoms with E-state index in [0.717, 1.165) is 19.3 Å². The summed E-state index contributed by atoms with van der Waals surface area (Å²) in [7, 11) is 0. The zero-order valence-electron chi connectivity index (χ0n) is 22.2. The molecule has 1 fully saturated rings. The largest absolute Gasteiger partial charge is 0.463 e. The Hall–Kier alpha value is -0.850. The molecule has 1 heterocycles. The minimum atomic E-state index is -0.554. The van der Waals surface area contributed by atoms with Crippen molar-refractivity contribution in [3.8, 4) is 0 Å². The number of rotatable bonds is 25. The van der Waals surface area contributed by atoms with Crippen LogP contribution in [0.1, 0.15) is 71.1 Å². The van der Waals surface area contributed by atoms with Gasteiger partial charge in [0, 0.05) is 6.42 Å². The number of hydrogen-bond acceptors (Lipinski definition) is 10. The Morgan fingerprint density at radius 1 is 0.833 bits per heavy atom. The van der Waals surface area contributed by atoms with Crippen molar-refractivity contribution < 1.29 is 48.5 Å². The van der Waals surface area contributed by atoms with E-state index in [9.17, 15) is 9.90 Å². The fraction of sp³-hybridized carbons (Fsp3) is 0.962. The number of ether oxygens (including phenoxy) is 6. The predicted octanol–water partition coefficient (Wildman–Crippen LogP) is 2.00. The molecule has 0 aromatic rings. The number of unbranched alkanes of at least 4 members (excludes halogenated alkanes) is 8. The molecule has 0 unspecified atom stereocenters. The van der Waals surface area contributed by atoms with E-state index in [-0.39, 0.29) is 72.0 Å². The van der Waals surface area contributed by atoms with Crippen LogP contribution in [0, 0.1) is 0 Å². The molecule has 1 aliphatic heterocycles. The normalized spacial score (nSPS) is 20.6. The highest BCUT2D eigenvalue weighted by Crippen LogP contribution is 2.25. The van der Waals surface area contributed by atoms with Crippen LogP contribution in [0.3, 0.4) is 0 Å². The van der Waals surface area contributed by atoms with Crippen LogP contribution < -0.4 is 0 Å². The minimum Gasteiger partial charge on any atom is -0.463 e. The van der Waals surface area contributed by atoms with Gasteiger partial charge in [0.1, 0.15) is 31.0 Å². The predicted molar refractivity (Wildman–Crippen MR) is 134 cm³/mol. The smallest absolute Gasteiger partial charge is 0.305 e. The molecule has 0 saturated carbocycles. The lowest BCUT2D eigenvalue weighted by Crippen LogP contribution is -2.45. The first-order valence-electron chi connectivity index (χ1n) is 13.7. The molecular weight excluding hydrogens is 472 g/mol.